The van der Waals surface area contributed by atoms with E-state index in [4.69, 9.17) is 21.0 Å². The van der Waals surface area contributed by atoms with E-state index in [0.717, 1.165) is 12.4 Å². The normalized spacial score (nSPS) is 16.0. The molecule has 6 heteroatoms. The Morgan fingerprint density at radius 3 is 0.675 bits per heavy atom. The van der Waals surface area contributed by atoms with Gasteiger partial charge in [-0.25, -0.2) is 0 Å². The van der Waals surface area contributed by atoms with Crippen LogP contribution in [0.3, 0.4) is 0 Å². The summed E-state index contributed by atoms with van der Waals surface area (Å²) in [5, 5.41) is 34.7. The summed E-state index contributed by atoms with van der Waals surface area (Å²) in [5.41, 5.74) is 0.884. The molecule has 0 aliphatic heterocycles. The van der Waals surface area contributed by atoms with Gasteiger partial charge in [0.1, 0.15) is 11.5 Å². The van der Waals surface area contributed by atoms with Gasteiger partial charge in [0.2, 0.25) is 0 Å². The quantitative estimate of drug-likeness (QED) is 0.305. The van der Waals surface area contributed by atoms with E-state index in [2.05, 4.69) is 0 Å². The number of hydrogen-bond acceptors (Lipinski definition) is 2. The van der Waals surface area contributed by atoms with Gasteiger partial charge in [0, 0.05) is 0 Å². The molecule has 4 aliphatic carbocycles. The van der Waals surface area contributed by atoms with Crippen molar-refractivity contribution in [2.24, 2.45) is 0 Å². The first-order valence-electron chi connectivity index (χ1n) is 15.2. The van der Waals surface area contributed by atoms with Crippen LogP contribution in [-0.2, 0) is 52.4 Å². The molecule has 214 valence electrons. The number of phenolic OH excluding ortho intramolecular Hbond substituents is 2. The van der Waals surface area contributed by atoms with Crippen molar-refractivity contribution in [2.75, 3.05) is 0 Å². The number of nitrogens with zero attached hydrogens (tertiary/aromatic N) is 2. The van der Waals surface area contributed by atoms with Gasteiger partial charge >= 0.3 is 52.4 Å². The first-order valence-corrected chi connectivity index (χ1v) is 15.2. The molecule has 4 aliphatic rings. The molecular weight excluding hydrogens is 651 g/mol. The summed E-state index contributed by atoms with van der Waals surface area (Å²) in [6.07, 6.45) is 31.7. The summed E-state index contributed by atoms with van der Waals surface area (Å²) < 4.78 is 0. The van der Waals surface area contributed by atoms with Crippen molar-refractivity contribution in [2.45, 2.75) is 128 Å². The fourth-order valence-corrected chi connectivity index (χ4v) is 4.73. The Morgan fingerprint density at radius 2 is 0.550 bits per heavy atom. The average molecular weight is 703 g/mol. The van der Waals surface area contributed by atoms with Crippen LogP contribution in [-0.4, -0.2) is 22.6 Å². The van der Waals surface area contributed by atoms with E-state index in [1.165, 1.54) is 141 Å². The molecule has 4 fully saturated rings. The fraction of sp³-hybridized carbons (Fsp3) is 0.588. The van der Waals surface area contributed by atoms with Crippen LogP contribution < -0.4 is 0 Å². The summed E-state index contributed by atoms with van der Waals surface area (Å²) in [5.74, 6) is 0.194. The summed E-state index contributed by atoms with van der Waals surface area (Å²) in [4.78, 5) is 0. The second-order valence-corrected chi connectivity index (χ2v) is 10.4. The molecule has 2 radical (unpaired) electrons. The van der Waals surface area contributed by atoms with Gasteiger partial charge < -0.3 is 21.0 Å². The van der Waals surface area contributed by atoms with Gasteiger partial charge in [-0.1, -0.05) is 165 Å². The minimum absolute atomic E-state index is 0. The molecule has 0 unspecified atom stereocenters. The van der Waals surface area contributed by atoms with Crippen LogP contribution in [0.5, 0.6) is 11.5 Å². The maximum atomic E-state index is 8.92. The SMILES string of the molecule is C1CCCC1.C1CCCC1.C1CCCC1.C1CCCC1.[N-]=Cc1ccccc1O.[N-]=Cc1ccccc1O.[Zr+3].[Zr+3]. The van der Waals surface area contributed by atoms with E-state index in [1.807, 2.05) is 0 Å². The minimum atomic E-state index is 0. The van der Waals surface area contributed by atoms with Gasteiger partial charge in [0.05, 0.1) is 0 Å². The number of rotatable bonds is 2. The zero-order chi connectivity index (χ0) is 27.5. The molecule has 0 bridgehead atoms. The topological polar surface area (TPSA) is 85.1 Å². The third-order valence-corrected chi connectivity index (χ3v) is 7.15. The molecular formula is C34H52N2O2Zr2+4. The van der Waals surface area contributed by atoms with Crippen molar-refractivity contribution in [3.8, 4) is 11.5 Å². The standard InChI is InChI=1S/2C7H6NO.4C5H10.2Zr/c2*8-5-6-3-1-2-4-7(6)9;4*1-2-4-5-3-1;;/h2*1-5,9H;4*1-5H2;;/q2*-1;;;;;2*+3. The molecule has 0 atom stereocenters. The first kappa shape index (κ1) is 41.3. The summed E-state index contributed by atoms with van der Waals surface area (Å²) >= 11 is 0. The molecule has 6 rings (SSSR count). The molecule has 2 aromatic carbocycles. The molecule has 4 saturated carbocycles. The van der Waals surface area contributed by atoms with Crippen LogP contribution >= 0.6 is 0 Å². The van der Waals surface area contributed by atoms with Crippen molar-refractivity contribution in [3.63, 3.8) is 0 Å². The van der Waals surface area contributed by atoms with Crippen molar-refractivity contribution in [1.29, 1.82) is 0 Å². The van der Waals surface area contributed by atoms with E-state index in [-0.39, 0.29) is 63.9 Å². The predicted molar refractivity (Wildman–Crippen MR) is 166 cm³/mol. The second kappa shape index (κ2) is 31.1. The number of benzene rings is 2. The van der Waals surface area contributed by atoms with Gasteiger partial charge in [-0.05, 0) is 23.3 Å². The predicted octanol–water partition coefficient (Wildman–Crippen LogP) is 10.6. The monoisotopic (exact) mass is 700 g/mol. The van der Waals surface area contributed by atoms with Crippen molar-refractivity contribution >= 4 is 12.4 Å². The van der Waals surface area contributed by atoms with E-state index < -0.39 is 0 Å². The Kier molecular flexibility index (Phi) is 32.1. The molecule has 2 N–H and O–H groups in total. The van der Waals surface area contributed by atoms with E-state index >= 15 is 0 Å². The van der Waals surface area contributed by atoms with Crippen molar-refractivity contribution < 1.29 is 62.6 Å². The largest absolute Gasteiger partial charge is 3.00 e. The van der Waals surface area contributed by atoms with Crippen LogP contribution in [0.1, 0.15) is 140 Å². The number of aromatic hydroxyl groups is 2. The zero-order valence-corrected chi connectivity index (χ0v) is 29.6. The van der Waals surface area contributed by atoms with E-state index in [1.54, 1.807) is 36.4 Å². The van der Waals surface area contributed by atoms with Crippen molar-refractivity contribution in [3.05, 3.63) is 70.5 Å². The molecule has 0 heterocycles. The summed E-state index contributed by atoms with van der Waals surface area (Å²) in [6.45, 7) is 0. The molecule has 0 saturated heterocycles. The molecule has 40 heavy (non-hydrogen) atoms. The van der Waals surface area contributed by atoms with E-state index in [0.29, 0.717) is 11.1 Å². The van der Waals surface area contributed by atoms with Crippen LogP contribution in [0.4, 0.5) is 0 Å². The van der Waals surface area contributed by atoms with Crippen LogP contribution in [0, 0.1) is 0 Å². The maximum Gasteiger partial charge on any atom is 3.00 e. The van der Waals surface area contributed by atoms with Crippen molar-refractivity contribution in [1.82, 2.24) is 0 Å². The molecule has 2 aromatic rings. The summed E-state index contributed by atoms with van der Waals surface area (Å²) in [6, 6.07) is 13.1. The van der Waals surface area contributed by atoms with Gasteiger partial charge in [-0.2, -0.15) is 12.4 Å². The van der Waals surface area contributed by atoms with Crippen LogP contribution in [0.15, 0.2) is 48.5 Å². The smallest absolute Gasteiger partial charge is 0.810 e. The third kappa shape index (κ3) is 23.8. The Labute approximate surface area is 283 Å². The first-order chi connectivity index (χ1) is 18.7. The third-order valence-electron chi connectivity index (χ3n) is 7.15. The molecule has 4 nitrogen and oxygen atoms in total. The van der Waals surface area contributed by atoms with Crippen LogP contribution in [0.25, 0.3) is 10.8 Å². The molecule has 0 spiro atoms. The number of para-hydroxylation sites is 2. The van der Waals surface area contributed by atoms with Crippen LogP contribution in [0.2, 0.25) is 0 Å². The maximum absolute atomic E-state index is 8.92. The Bertz CT molecular complexity index is 712. The molecule has 0 amide bonds. The number of hydrogen-bond donors (Lipinski definition) is 2. The van der Waals surface area contributed by atoms with Gasteiger partial charge in [-0.3, -0.25) is 0 Å². The van der Waals surface area contributed by atoms with Gasteiger partial charge in [-0.15, -0.1) is 0 Å². The van der Waals surface area contributed by atoms with Gasteiger partial charge in [0.15, 0.2) is 0 Å². The Morgan fingerprint density at radius 1 is 0.375 bits per heavy atom. The van der Waals surface area contributed by atoms with E-state index in [9.17, 15) is 0 Å². The zero-order valence-electron chi connectivity index (χ0n) is 24.7. The summed E-state index contributed by atoms with van der Waals surface area (Å²) in [7, 11) is 0. The second-order valence-electron chi connectivity index (χ2n) is 10.4. The minimum Gasteiger partial charge on any atom is -0.810 e. The fourth-order valence-electron chi connectivity index (χ4n) is 4.73. The van der Waals surface area contributed by atoms with Gasteiger partial charge in [0.25, 0.3) is 0 Å². The Hall–Kier alpha value is -0.854. The number of phenols is 2. The average Bonchev–Trinajstić information content (AvgIpc) is 3.81. The molecule has 0 aromatic heterocycles. The Balaban J connectivity index is 0.